The van der Waals surface area contributed by atoms with E-state index in [4.69, 9.17) is 37.0 Å². The molecule has 0 rings (SSSR count). The molecule has 0 aromatic rings. The van der Waals surface area contributed by atoms with Gasteiger partial charge in [0, 0.05) is 25.7 Å². The highest BCUT2D eigenvalue weighted by atomic mass is 31.2. The highest BCUT2D eigenvalue weighted by molar-refractivity contribution is 7.47. The van der Waals surface area contributed by atoms with E-state index in [1.165, 1.54) is 212 Å². The maximum absolute atomic E-state index is 13.1. The SMILES string of the molecule is CCCCCC/C=C\C=C/CCCCCCCC(=O)O[C@H](COC(=O)CCCCCCCCCC(C)C)COP(=O)(O)OCC(O)COP(=O)(O)OC[C@@H](COC(=O)CCCCCCCCCCCCCCCCCCCCC(C)C)OC(=O)CCCCCCCCCCCCCCCCCC(C)C. The molecule has 0 saturated heterocycles. The van der Waals surface area contributed by atoms with Gasteiger partial charge in [-0.2, -0.15) is 0 Å². The number of ether oxygens (including phenoxy) is 4. The molecule has 614 valence electrons. The van der Waals surface area contributed by atoms with Crippen LogP contribution in [0.4, 0.5) is 0 Å². The average Bonchev–Trinajstić information content (AvgIpc) is 0.925. The van der Waals surface area contributed by atoms with Gasteiger partial charge in [-0.1, -0.05) is 368 Å². The van der Waals surface area contributed by atoms with Gasteiger partial charge in [-0.25, -0.2) is 9.13 Å². The fourth-order valence-electron chi connectivity index (χ4n) is 12.7. The maximum Gasteiger partial charge on any atom is 0.472 e. The van der Waals surface area contributed by atoms with Gasteiger partial charge in [-0.15, -0.1) is 0 Å². The number of aliphatic hydroxyl groups excluding tert-OH is 1. The van der Waals surface area contributed by atoms with E-state index in [1.807, 2.05) is 0 Å². The number of esters is 4. The summed E-state index contributed by atoms with van der Waals surface area (Å²) in [6, 6.07) is 0. The molecule has 5 atom stereocenters. The van der Waals surface area contributed by atoms with E-state index in [9.17, 15) is 43.2 Å². The van der Waals surface area contributed by atoms with E-state index in [1.54, 1.807) is 0 Å². The normalized spacial score (nSPS) is 14.0. The lowest BCUT2D eigenvalue weighted by molar-refractivity contribution is -0.161. The van der Waals surface area contributed by atoms with Gasteiger partial charge in [-0.05, 0) is 69.1 Å². The first-order valence-electron chi connectivity index (χ1n) is 43.2. The number of carbonyl (C=O) groups is 4. The summed E-state index contributed by atoms with van der Waals surface area (Å²) in [5, 5.41) is 10.7. The number of aliphatic hydroxyl groups is 1. The number of phosphoric acid groups is 2. The molecule has 3 N–H and O–H groups in total. The fourth-order valence-corrected chi connectivity index (χ4v) is 14.2. The van der Waals surface area contributed by atoms with Gasteiger partial charge < -0.3 is 33.8 Å². The zero-order valence-corrected chi connectivity index (χ0v) is 69.8. The summed E-state index contributed by atoms with van der Waals surface area (Å²) in [5.41, 5.74) is 0. The van der Waals surface area contributed by atoms with Gasteiger partial charge in [0.15, 0.2) is 12.2 Å². The Morgan fingerprint density at radius 1 is 0.298 bits per heavy atom. The minimum Gasteiger partial charge on any atom is -0.462 e. The molecule has 0 aliphatic carbocycles. The van der Waals surface area contributed by atoms with Crippen molar-refractivity contribution in [3.63, 3.8) is 0 Å². The molecule has 104 heavy (non-hydrogen) atoms. The Balaban J connectivity index is 5.25. The molecule has 0 aromatic carbocycles. The zero-order valence-electron chi connectivity index (χ0n) is 68.0. The lowest BCUT2D eigenvalue weighted by atomic mass is 10.0. The minimum atomic E-state index is -4.97. The monoisotopic (exact) mass is 1520 g/mol. The molecule has 0 radical (unpaired) electrons. The third-order valence-corrected chi connectivity index (χ3v) is 21.2. The molecule has 0 saturated carbocycles. The highest BCUT2D eigenvalue weighted by Gasteiger charge is 2.30. The second kappa shape index (κ2) is 74.6. The maximum atomic E-state index is 13.1. The van der Waals surface area contributed by atoms with Crippen molar-refractivity contribution in [1.82, 2.24) is 0 Å². The predicted molar refractivity (Wildman–Crippen MR) is 427 cm³/mol. The molecule has 0 fully saturated rings. The third-order valence-electron chi connectivity index (χ3n) is 19.3. The van der Waals surface area contributed by atoms with Crippen LogP contribution in [-0.2, 0) is 65.4 Å². The quantitative estimate of drug-likeness (QED) is 0.0169. The predicted octanol–water partition coefficient (Wildman–Crippen LogP) is 25.3. The Morgan fingerprint density at radius 3 is 0.779 bits per heavy atom. The van der Waals surface area contributed by atoms with Gasteiger partial charge in [0.25, 0.3) is 0 Å². The molecule has 3 unspecified atom stereocenters. The van der Waals surface area contributed by atoms with Crippen molar-refractivity contribution in [2.24, 2.45) is 17.8 Å². The van der Waals surface area contributed by atoms with E-state index >= 15 is 0 Å². The second-order valence-electron chi connectivity index (χ2n) is 31.3. The van der Waals surface area contributed by atoms with E-state index in [0.29, 0.717) is 31.6 Å². The number of hydrogen-bond acceptors (Lipinski definition) is 15. The topological polar surface area (TPSA) is 237 Å². The van der Waals surface area contributed by atoms with Crippen molar-refractivity contribution in [2.45, 2.75) is 439 Å². The molecule has 0 aromatic heterocycles. The number of rotatable bonds is 81. The molecular formula is C85H162O17P2. The van der Waals surface area contributed by atoms with E-state index < -0.39 is 97.5 Å². The number of allylic oxidation sites excluding steroid dienone is 4. The molecule has 0 heterocycles. The van der Waals surface area contributed by atoms with Crippen molar-refractivity contribution in [1.29, 1.82) is 0 Å². The molecular weight excluding hydrogens is 1350 g/mol. The second-order valence-corrected chi connectivity index (χ2v) is 34.2. The van der Waals surface area contributed by atoms with Crippen LogP contribution in [0.25, 0.3) is 0 Å². The van der Waals surface area contributed by atoms with Crippen molar-refractivity contribution in [2.75, 3.05) is 39.6 Å². The Morgan fingerprint density at radius 2 is 0.519 bits per heavy atom. The van der Waals surface area contributed by atoms with E-state index in [2.05, 4.69) is 72.8 Å². The van der Waals surface area contributed by atoms with Crippen LogP contribution in [0.5, 0.6) is 0 Å². The van der Waals surface area contributed by atoms with Gasteiger partial charge in [0.2, 0.25) is 0 Å². The van der Waals surface area contributed by atoms with Crippen LogP contribution in [0.3, 0.4) is 0 Å². The van der Waals surface area contributed by atoms with E-state index in [0.717, 1.165) is 121 Å². The van der Waals surface area contributed by atoms with Gasteiger partial charge in [-0.3, -0.25) is 37.3 Å². The molecule has 0 spiro atoms. The molecule has 0 amide bonds. The summed E-state index contributed by atoms with van der Waals surface area (Å²) < 4.78 is 68.8. The lowest BCUT2D eigenvalue weighted by Crippen LogP contribution is -2.30. The Hall–Kier alpha value is -2.46. The first-order valence-corrected chi connectivity index (χ1v) is 46.2. The standard InChI is InChI=1S/C85H162O17P2/c1-8-9-10-11-12-13-14-15-21-29-34-39-46-54-61-68-85(90)102-81(73-96-83(88)67-60-53-48-41-44-51-58-65-78(6)7)75-100-104(93,94)98-71-79(86)70-97-103(91,92)99-74-80(101-84(89)69-62-55-47-40-35-30-25-20-23-27-32-37-43-50-57-64-77(4)5)72-95-82(87)66-59-52-45-38-33-28-24-19-17-16-18-22-26-31-36-42-49-56-63-76(2)3/h13-15,21,76-81,86H,8-12,16-20,22-75H2,1-7H3,(H,91,92)(H,93,94)/b14-13-,21-15-/t79?,80-,81-/m1/s1. The lowest BCUT2D eigenvalue weighted by Gasteiger charge is -2.21. The first-order chi connectivity index (χ1) is 50.2. The minimum absolute atomic E-state index is 0.0843. The molecule has 0 aliphatic heterocycles. The molecule has 0 bridgehead atoms. The van der Waals surface area contributed by atoms with Gasteiger partial charge >= 0.3 is 39.5 Å². The largest absolute Gasteiger partial charge is 0.472 e. The van der Waals surface area contributed by atoms with Crippen LogP contribution in [0.15, 0.2) is 24.3 Å². The first kappa shape index (κ1) is 102. The van der Waals surface area contributed by atoms with Crippen molar-refractivity contribution in [3.8, 4) is 0 Å². The summed E-state index contributed by atoms with van der Waals surface area (Å²) in [4.78, 5) is 73.1. The number of unbranched alkanes of at least 4 members (excludes halogenated alkanes) is 46. The Labute approximate surface area is 637 Å². The highest BCUT2D eigenvalue weighted by Crippen LogP contribution is 2.45. The third kappa shape index (κ3) is 77.7. The van der Waals surface area contributed by atoms with E-state index in [-0.39, 0.29) is 25.7 Å². The number of carbonyl (C=O) groups excluding carboxylic acids is 4. The molecule has 17 nitrogen and oxygen atoms in total. The van der Waals surface area contributed by atoms with Crippen LogP contribution in [0.1, 0.15) is 421 Å². The smallest absolute Gasteiger partial charge is 0.462 e. The van der Waals surface area contributed by atoms with Gasteiger partial charge in [0.05, 0.1) is 26.4 Å². The van der Waals surface area contributed by atoms with Crippen molar-refractivity contribution >= 4 is 39.5 Å². The van der Waals surface area contributed by atoms with Crippen LogP contribution in [0, 0.1) is 17.8 Å². The Kier molecular flexibility index (Phi) is 72.9. The number of hydrogen-bond donors (Lipinski definition) is 3. The van der Waals surface area contributed by atoms with Gasteiger partial charge in [0.1, 0.15) is 19.3 Å². The van der Waals surface area contributed by atoms with Crippen LogP contribution < -0.4 is 0 Å². The van der Waals surface area contributed by atoms with Crippen molar-refractivity contribution < 1.29 is 80.2 Å². The average molecular weight is 1520 g/mol. The molecule has 0 aliphatic rings. The van der Waals surface area contributed by atoms with Crippen molar-refractivity contribution in [3.05, 3.63) is 24.3 Å². The fraction of sp³-hybridized carbons (Fsp3) is 0.906. The van der Waals surface area contributed by atoms with Crippen LogP contribution >= 0.6 is 15.6 Å². The summed E-state index contributed by atoms with van der Waals surface area (Å²) in [6.45, 7) is 11.9. The van der Waals surface area contributed by atoms with Crippen LogP contribution in [-0.4, -0.2) is 96.7 Å². The van der Waals surface area contributed by atoms with Crippen LogP contribution in [0.2, 0.25) is 0 Å². The summed E-state index contributed by atoms with van der Waals surface area (Å²) in [5.74, 6) is 0.187. The summed E-state index contributed by atoms with van der Waals surface area (Å²) >= 11 is 0. The summed E-state index contributed by atoms with van der Waals surface area (Å²) in [7, 11) is -9.94. The zero-order chi connectivity index (χ0) is 76.5. The molecule has 19 heteroatoms. The number of phosphoric ester groups is 2. The Bertz CT molecular complexity index is 2100. The summed E-state index contributed by atoms with van der Waals surface area (Å²) in [6.07, 6.45) is 67.6.